The zero-order chi connectivity index (χ0) is 14.7. The van der Waals surface area contributed by atoms with Gasteiger partial charge < -0.3 is 0 Å². The van der Waals surface area contributed by atoms with Gasteiger partial charge in [0.2, 0.25) is 0 Å². The second kappa shape index (κ2) is 5.91. The van der Waals surface area contributed by atoms with Crippen molar-refractivity contribution >= 4 is 9.91 Å². The molecule has 0 spiro atoms. The molecule has 0 unspecified atom stereocenters. The number of phenols is 2. The molecular weight excluding hydrogens is 311 g/mol. The number of benzene rings is 2. The first-order valence-corrected chi connectivity index (χ1v) is 8.85. The van der Waals surface area contributed by atoms with E-state index in [1.54, 1.807) is 24.3 Å². The Balaban J connectivity index is 2.17. The fraction of sp³-hybridized carbons (Fsp3) is 0.125. The van der Waals surface area contributed by atoms with E-state index in [4.69, 9.17) is 0 Å². The van der Waals surface area contributed by atoms with Gasteiger partial charge in [-0.3, -0.25) is 0 Å². The number of hydrogen-bond acceptors (Lipinski definition) is 4. The first-order chi connectivity index (χ1) is 10.2. The summed E-state index contributed by atoms with van der Waals surface area (Å²) >= 11 is -1.89. The van der Waals surface area contributed by atoms with Gasteiger partial charge in [0.1, 0.15) is 0 Å². The number of hydrogen-bond donors (Lipinski definition) is 4. The summed E-state index contributed by atoms with van der Waals surface area (Å²) < 4.78 is 6.97. The summed E-state index contributed by atoms with van der Waals surface area (Å²) in [7, 11) is 0. The molecule has 1 heterocycles. The van der Waals surface area contributed by atoms with Crippen LogP contribution in [0.1, 0.15) is 11.1 Å². The zero-order valence-corrected chi connectivity index (χ0v) is 12.5. The normalized spacial score (nSPS) is 18.1. The van der Waals surface area contributed by atoms with Crippen LogP contribution in [0.5, 0.6) is 11.5 Å². The van der Waals surface area contributed by atoms with Gasteiger partial charge in [-0.05, 0) is 0 Å². The molecule has 1 saturated heterocycles. The second-order valence-electron chi connectivity index (χ2n) is 4.63. The molecule has 4 nitrogen and oxygen atoms in total. The molecule has 21 heavy (non-hydrogen) atoms. The van der Waals surface area contributed by atoms with Crippen molar-refractivity contribution in [3.8, 4) is 11.5 Å². The van der Waals surface area contributed by atoms with E-state index in [-0.39, 0.29) is 11.5 Å². The first kappa shape index (κ1) is 14.2. The second-order valence-corrected chi connectivity index (χ2v) is 7.77. The third kappa shape index (κ3) is 3.11. The maximum absolute atomic E-state index is 9.97. The molecule has 0 aliphatic carbocycles. The summed E-state index contributed by atoms with van der Waals surface area (Å²) in [6, 6.07) is 14.5. The average molecular weight is 329 g/mol. The van der Waals surface area contributed by atoms with Crippen LogP contribution in [0.3, 0.4) is 0 Å². The molecule has 1 aliphatic rings. The first-order valence-electron chi connectivity index (χ1n) is 6.60. The summed E-state index contributed by atoms with van der Waals surface area (Å²) in [6.07, 6.45) is 0. The van der Waals surface area contributed by atoms with Crippen molar-refractivity contribution in [1.29, 1.82) is 0 Å². The van der Waals surface area contributed by atoms with E-state index < -0.39 is 12.2 Å². The van der Waals surface area contributed by atoms with Gasteiger partial charge in [-0.25, -0.2) is 0 Å². The van der Waals surface area contributed by atoms with Crippen LogP contribution in [0.4, 0.5) is 0 Å². The van der Waals surface area contributed by atoms with Crippen LogP contribution in [0.25, 0.3) is 0 Å². The Labute approximate surface area is 125 Å². The van der Waals surface area contributed by atoms with Crippen LogP contribution in [0.2, 0.25) is 0 Å². The number of rotatable bonds is 2. The van der Waals surface area contributed by atoms with Crippen LogP contribution in [-0.4, -0.2) is 33.2 Å². The van der Waals surface area contributed by atoms with Crippen molar-refractivity contribution < 1.29 is 22.4 Å². The Morgan fingerprint density at radius 2 is 1.19 bits per heavy atom. The predicted octanol–water partition coefficient (Wildman–Crippen LogP) is 1.28. The minimum absolute atomic E-state index is 0.262. The van der Waals surface area contributed by atoms with Crippen molar-refractivity contribution in [3.05, 3.63) is 59.7 Å². The van der Waals surface area contributed by atoms with Crippen molar-refractivity contribution in [2.75, 3.05) is 13.1 Å². The Morgan fingerprint density at radius 3 is 1.62 bits per heavy atom. The molecule has 1 fully saturated rings. The van der Waals surface area contributed by atoms with Crippen molar-refractivity contribution in [1.82, 2.24) is 8.73 Å². The molecule has 1 aliphatic heterocycles. The molecule has 2 aromatic rings. The van der Waals surface area contributed by atoms with Crippen LogP contribution >= 0.6 is 0 Å². The van der Waals surface area contributed by atoms with Gasteiger partial charge in [-0.2, -0.15) is 0 Å². The van der Waals surface area contributed by atoms with Crippen LogP contribution < -0.4 is 8.73 Å². The van der Waals surface area contributed by atoms with Gasteiger partial charge in [0.15, 0.2) is 0 Å². The van der Waals surface area contributed by atoms with Gasteiger partial charge in [0, 0.05) is 0 Å². The molecule has 113 valence electrons. The summed E-state index contributed by atoms with van der Waals surface area (Å²) in [6.45, 7) is 1.72. The minimum atomic E-state index is -1.89. The molecule has 4 N–H and O–H groups in total. The summed E-state index contributed by atoms with van der Waals surface area (Å²) in [4.78, 5) is 4.08. The van der Waals surface area contributed by atoms with Gasteiger partial charge in [0.25, 0.3) is 0 Å². The van der Waals surface area contributed by atoms with Crippen LogP contribution in [0, 0.1) is 0 Å². The number of phenolic OH excluding ortho intramolecular Hbond substituents is 2. The molecule has 0 amide bonds. The van der Waals surface area contributed by atoms with Gasteiger partial charge >= 0.3 is 125 Å². The molecule has 0 radical (unpaired) electrons. The van der Waals surface area contributed by atoms with E-state index in [2.05, 4.69) is 8.73 Å². The molecule has 0 aromatic heterocycles. The standard InChI is InChI=1S/2C7H6O.C2H6N2.Co/c2*1-6-4-2-3-5-7(6)8;3-1-2-4;/h2*1-5,8H;3-4H,1-2H2;/q;;-2;+2. The van der Waals surface area contributed by atoms with E-state index in [9.17, 15) is 10.2 Å². The topological polar surface area (TPSA) is 64.5 Å². The molecular formula is C16H18CoN2O2. The Kier molecular flexibility index (Phi) is 3.98. The fourth-order valence-corrected chi connectivity index (χ4v) is 5.32. The third-order valence-corrected chi connectivity index (χ3v) is 6.40. The van der Waals surface area contributed by atoms with Crippen molar-refractivity contribution in [2.24, 2.45) is 0 Å². The molecule has 0 atom stereocenters. The maximum atomic E-state index is 9.97. The van der Waals surface area contributed by atoms with E-state index in [1.807, 2.05) is 34.2 Å². The summed E-state index contributed by atoms with van der Waals surface area (Å²) in [5.74, 6) is 0.523. The third-order valence-electron chi connectivity index (χ3n) is 3.07. The average Bonchev–Trinajstić information content (AvgIpc) is 2.93. The molecule has 5 heteroatoms. The Hall–Kier alpha value is -1.79. The number of para-hydroxylation sites is 2. The quantitative estimate of drug-likeness (QED) is 0.670. The van der Waals surface area contributed by atoms with Gasteiger partial charge in [0.05, 0.1) is 0 Å². The summed E-state index contributed by atoms with van der Waals surface area (Å²) in [5, 5.41) is 19.9. The SMILES string of the molecule is Oc1ccccc1[CH]=[Co]1(=[CH]c2ccccc2O)[NH]CC[NH]1. The summed E-state index contributed by atoms with van der Waals surface area (Å²) in [5.41, 5.74) is 1.58. The molecule has 3 rings (SSSR count). The number of aromatic hydroxyl groups is 2. The molecule has 0 saturated carbocycles. The van der Waals surface area contributed by atoms with Crippen molar-refractivity contribution in [3.63, 3.8) is 0 Å². The van der Waals surface area contributed by atoms with E-state index in [1.165, 1.54) is 0 Å². The van der Waals surface area contributed by atoms with E-state index in [0.717, 1.165) is 24.2 Å². The molecule has 2 aromatic carbocycles. The van der Waals surface area contributed by atoms with Gasteiger partial charge in [-0.15, -0.1) is 0 Å². The van der Waals surface area contributed by atoms with E-state index in [0.29, 0.717) is 0 Å². The Bertz CT molecular complexity index is 708. The van der Waals surface area contributed by atoms with Crippen LogP contribution in [0.15, 0.2) is 48.5 Å². The van der Waals surface area contributed by atoms with Gasteiger partial charge in [-0.1, -0.05) is 0 Å². The monoisotopic (exact) mass is 329 g/mol. The molecule has 0 bridgehead atoms. The Morgan fingerprint density at radius 1 is 0.762 bits per heavy atom. The number of nitrogens with one attached hydrogen (secondary N) is 2. The van der Waals surface area contributed by atoms with Crippen LogP contribution in [-0.2, 0) is 12.2 Å². The zero-order valence-electron chi connectivity index (χ0n) is 11.4. The van der Waals surface area contributed by atoms with E-state index >= 15 is 0 Å². The predicted molar refractivity (Wildman–Crippen MR) is 82.6 cm³/mol. The fourth-order valence-electron chi connectivity index (χ4n) is 2.03. The van der Waals surface area contributed by atoms with Crippen molar-refractivity contribution in [2.45, 2.75) is 0 Å².